The van der Waals surface area contributed by atoms with E-state index in [0.717, 1.165) is 16.7 Å². The summed E-state index contributed by atoms with van der Waals surface area (Å²) in [6.45, 7) is 2.57. The Morgan fingerprint density at radius 1 is 0.879 bits per heavy atom. The Labute approximate surface area is 192 Å². The maximum absolute atomic E-state index is 13.3. The number of anilines is 2. The van der Waals surface area contributed by atoms with E-state index in [1.807, 2.05) is 61.5 Å². The van der Waals surface area contributed by atoms with Gasteiger partial charge in [0.1, 0.15) is 5.69 Å². The van der Waals surface area contributed by atoms with Crippen LogP contribution in [0.25, 0.3) is 11.3 Å². The second-order valence-corrected chi connectivity index (χ2v) is 7.68. The van der Waals surface area contributed by atoms with Gasteiger partial charge in [-0.3, -0.25) is 9.48 Å². The third-order valence-electron chi connectivity index (χ3n) is 5.12. The average Bonchev–Trinajstić information content (AvgIpc) is 3.24. The smallest absolute Gasteiger partial charge is 0.318 e. The molecule has 1 heterocycles. The zero-order chi connectivity index (χ0) is 23.2. The van der Waals surface area contributed by atoms with Crippen molar-refractivity contribution < 1.29 is 9.59 Å². The second-order valence-electron chi connectivity index (χ2n) is 7.68. The van der Waals surface area contributed by atoms with Crippen LogP contribution in [-0.2, 0) is 6.54 Å². The van der Waals surface area contributed by atoms with Crippen LogP contribution in [-0.4, -0.2) is 28.8 Å². The van der Waals surface area contributed by atoms with Gasteiger partial charge in [0.05, 0.1) is 12.1 Å². The lowest BCUT2D eigenvalue weighted by molar-refractivity contribution is 0.102. The first-order valence-corrected chi connectivity index (χ1v) is 10.6. The van der Waals surface area contributed by atoms with Crippen molar-refractivity contribution in [2.24, 2.45) is 0 Å². The minimum Gasteiger partial charge on any atom is -0.341 e. The van der Waals surface area contributed by atoms with E-state index in [-0.39, 0.29) is 11.9 Å². The number of amides is 3. The van der Waals surface area contributed by atoms with Crippen LogP contribution >= 0.6 is 0 Å². The van der Waals surface area contributed by atoms with Gasteiger partial charge in [0.25, 0.3) is 5.91 Å². The van der Waals surface area contributed by atoms with E-state index in [9.17, 15) is 9.59 Å². The van der Waals surface area contributed by atoms with E-state index in [4.69, 9.17) is 5.10 Å². The van der Waals surface area contributed by atoms with Gasteiger partial charge in [-0.2, -0.15) is 5.10 Å². The molecule has 7 heteroatoms. The quantitative estimate of drug-likeness (QED) is 0.399. The Bertz CT molecular complexity index is 1260. The second kappa shape index (κ2) is 9.82. The summed E-state index contributed by atoms with van der Waals surface area (Å²) >= 11 is 0. The minimum atomic E-state index is -0.331. The first kappa shape index (κ1) is 21.8. The molecule has 0 radical (unpaired) electrons. The molecule has 33 heavy (non-hydrogen) atoms. The predicted octanol–water partition coefficient (Wildman–Crippen LogP) is 4.91. The van der Waals surface area contributed by atoms with E-state index in [0.29, 0.717) is 29.2 Å². The van der Waals surface area contributed by atoms with Crippen LogP contribution < -0.4 is 16.0 Å². The van der Waals surface area contributed by atoms with E-state index < -0.39 is 0 Å². The molecular weight excluding hydrogens is 414 g/mol. The summed E-state index contributed by atoms with van der Waals surface area (Å²) in [5.74, 6) is -0.276. The Kier molecular flexibility index (Phi) is 6.50. The highest BCUT2D eigenvalue weighted by atomic mass is 16.2. The number of nitrogens with one attached hydrogen (secondary N) is 3. The Balaban J connectivity index is 1.63. The number of urea groups is 1. The first-order chi connectivity index (χ1) is 16.0. The number of carbonyl (C=O) groups is 2. The molecule has 0 atom stereocenters. The van der Waals surface area contributed by atoms with Gasteiger partial charge in [0, 0.05) is 30.2 Å². The summed E-state index contributed by atoms with van der Waals surface area (Å²) in [5, 5.41) is 12.9. The molecule has 4 aromatic rings. The molecule has 0 bridgehead atoms. The third-order valence-corrected chi connectivity index (χ3v) is 5.12. The molecule has 0 aliphatic carbocycles. The van der Waals surface area contributed by atoms with E-state index in [1.54, 1.807) is 42.2 Å². The molecular formula is C26H25N5O2. The molecule has 3 aromatic carbocycles. The van der Waals surface area contributed by atoms with Gasteiger partial charge in [-0.05, 0) is 30.7 Å². The third kappa shape index (κ3) is 5.46. The van der Waals surface area contributed by atoms with Crippen LogP contribution in [0.3, 0.4) is 0 Å². The number of aromatic nitrogens is 2. The van der Waals surface area contributed by atoms with Crippen molar-refractivity contribution in [2.75, 3.05) is 17.7 Å². The number of rotatable bonds is 6. The van der Waals surface area contributed by atoms with Crippen LogP contribution in [0.5, 0.6) is 0 Å². The van der Waals surface area contributed by atoms with E-state index in [1.165, 1.54) is 0 Å². The fourth-order valence-corrected chi connectivity index (χ4v) is 3.43. The SMILES string of the molecule is CNC(=O)Nc1cccc(NC(=O)c2cn(Cc3ccccc3)nc2-c2ccc(C)cc2)c1. The molecule has 1 aromatic heterocycles. The van der Waals surface area contributed by atoms with Crippen LogP contribution in [0.2, 0.25) is 0 Å². The lowest BCUT2D eigenvalue weighted by Crippen LogP contribution is -2.24. The van der Waals surface area contributed by atoms with Crippen molar-refractivity contribution in [2.45, 2.75) is 13.5 Å². The molecule has 3 N–H and O–H groups in total. The zero-order valence-corrected chi connectivity index (χ0v) is 18.5. The molecule has 4 rings (SSSR count). The number of hydrogen-bond donors (Lipinski definition) is 3. The van der Waals surface area contributed by atoms with Gasteiger partial charge in [0.15, 0.2) is 0 Å². The lowest BCUT2D eigenvalue weighted by Gasteiger charge is -2.09. The highest BCUT2D eigenvalue weighted by Gasteiger charge is 2.19. The van der Waals surface area contributed by atoms with Crippen molar-refractivity contribution in [3.8, 4) is 11.3 Å². The molecule has 0 saturated heterocycles. The van der Waals surface area contributed by atoms with Crippen molar-refractivity contribution in [1.82, 2.24) is 15.1 Å². The predicted molar refractivity (Wildman–Crippen MR) is 130 cm³/mol. The van der Waals surface area contributed by atoms with Gasteiger partial charge in [-0.25, -0.2) is 4.79 Å². The maximum atomic E-state index is 13.3. The topological polar surface area (TPSA) is 88.0 Å². The fourth-order valence-electron chi connectivity index (χ4n) is 3.43. The maximum Gasteiger partial charge on any atom is 0.318 e. The van der Waals surface area contributed by atoms with Crippen LogP contribution in [0.15, 0.2) is 85.1 Å². The Morgan fingerprint density at radius 3 is 2.27 bits per heavy atom. The standard InChI is InChI=1S/C26H25N5O2/c1-18-11-13-20(14-12-18)24-23(17-31(30-24)16-19-7-4-3-5-8-19)25(32)28-21-9-6-10-22(15-21)29-26(33)27-2/h3-15,17H,16H2,1-2H3,(H,28,32)(H2,27,29,33). The highest BCUT2D eigenvalue weighted by Crippen LogP contribution is 2.25. The lowest BCUT2D eigenvalue weighted by atomic mass is 10.1. The van der Waals surface area contributed by atoms with E-state index in [2.05, 4.69) is 16.0 Å². The van der Waals surface area contributed by atoms with Gasteiger partial charge >= 0.3 is 6.03 Å². The normalized spacial score (nSPS) is 10.5. The molecule has 7 nitrogen and oxygen atoms in total. The van der Waals surface area contributed by atoms with Gasteiger partial charge in [-0.15, -0.1) is 0 Å². The Hall–Kier alpha value is -4.39. The number of nitrogens with zero attached hydrogens (tertiary/aromatic N) is 2. The van der Waals surface area contributed by atoms with Crippen molar-refractivity contribution in [3.63, 3.8) is 0 Å². The van der Waals surface area contributed by atoms with Crippen LogP contribution in [0.1, 0.15) is 21.5 Å². The van der Waals surface area contributed by atoms with E-state index >= 15 is 0 Å². The molecule has 0 unspecified atom stereocenters. The summed E-state index contributed by atoms with van der Waals surface area (Å²) in [4.78, 5) is 24.9. The van der Waals surface area contributed by atoms with Gasteiger partial charge < -0.3 is 16.0 Å². The highest BCUT2D eigenvalue weighted by molar-refractivity contribution is 6.08. The molecule has 3 amide bonds. The summed E-state index contributed by atoms with van der Waals surface area (Å²) in [5.41, 5.74) is 5.32. The average molecular weight is 440 g/mol. The number of aryl methyl sites for hydroxylation is 1. The summed E-state index contributed by atoms with van der Waals surface area (Å²) in [6.07, 6.45) is 1.77. The molecule has 0 saturated carbocycles. The first-order valence-electron chi connectivity index (χ1n) is 10.6. The van der Waals surface area contributed by atoms with Crippen LogP contribution in [0, 0.1) is 6.92 Å². The molecule has 0 aliphatic rings. The van der Waals surface area contributed by atoms with Gasteiger partial charge in [-0.1, -0.05) is 66.2 Å². The molecule has 0 spiro atoms. The Morgan fingerprint density at radius 2 is 1.58 bits per heavy atom. The van der Waals surface area contributed by atoms with Crippen molar-refractivity contribution in [3.05, 3.63) is 102 Å². The van der Waals surface area contributed by atoms with Gasteiger partial charge in [0.2, 0.25) is 0 Å². The summed E-state index contributed by atoms with van der Waals surface area (Å²) in [7, 11) is 1.54. The van der Waals surface area contributed by atoms with Crippen molar-refractivity contribution >= 4 is 23.3 Å². The number of benzene rings is 3. The van der Waals surface area contributed by atoms with Crippen molar-refractivity contribution in [1.29, 1.82) is 0 Å². The largest absolute Gasteiger partial charge is 0.341 e. The van der Waals surface area contributed by atoms with Crippen LogP contribution in [0.4, 0.5) is 16.2 Å². The minimum absolute atomic E-state index is 0.276. The number of carbonyl (C=O) groups excluding carboxylic acids is 2. The summed E-state index contributed by atoms with van der Waals surface area (Å²) < 4.78 is 1.78. The molecule has 166 valence electrons. The monoisotopic (exact) mass is 439 g/mol. The molecule has 0 fully saturated rings. The zero-order valence-electron chi connectivity index (χ0n) is 18.5. The molecule has 0 aliphatic heterocycles. The fraction of sp³-hybridized carbons (Fsp3) is 0.115. The summed E-state index contributed by atoms with van der Waals surface area (Å²) in [6, 6.07) is 24.6. The number of hydrogen-bond acceptors (Lipinski definition) is 3.